The highest BCUT2D eigenvalue weighted by Crippen LogP contribution is 2.27. The molecule has 0 radical (unpaired) electrons. The second-order valence-electron chi connectivity index (χ2n) is 3.27. The number of carboxylic acid groups (broad SMARTS) is 1. The maximum absolute atomic E-state index is 10.8. The van der Waals surface area contributed by atoms with Gasteiger partial charge in [0.25, 0.3) is 5.91 Å². The van der Waals surface area contributed by atoms with Gasteiger partial charge in [0, 0.05) is 0 Å². The van der Waals surface area contributed by atoms with Crippen molar-refractivity contribution in [3.05, 3.63) is 28.2 Å². The predicted octanol–water partition coefficient (Wildman–Crippen LogP) is 2.68. The lowest BCUT2D eigenvalue weighted by Crippen LogP contribution is -2.21. The van der Waals surface area contributed by atoms with Crippen molar-refractivity contribution in [1.29, 1.82) is 0 Å². The van der Waals surface area contributed by atoms with E-state index >= 15 is 0 Å². The van der Waals surface area contributed by atoms with Crippen molar-refractivity contribution in [3.8, 4) is 0 Å². The zero-order valence-electron chi connectivity index (χ0n) is 9.44. The predicted molar refractivity (Wildman–Crippen MR) is 66.8 cm³/mol. The van der Waals surface area contributed by atoms with Crippen LogP contribution in [0.1, 0.15) is 9.80 Å². The highest BCUT2D eigenvalue weighted by atomic mass is 35.5. The highest BCUT2D eigenvalue weighted by molar-refractivity contribution is 7.20. The zero-order chi connectivity index (χ0) is 15.5. The lowest BCUT2D eigenvalue weighted by atomic mass is 10.3. The first-order valence-electron chi connectivity index (χ1n) is 4.78. The van der Waals surface area contributed by atoms with Crippen LogP contribution in [0.3, 0.4) is 0 Å². The van der Waals surface area contributed by atoms with Gasteiger partial charge in [-0.1, -0.05) is 17.7 Å². The lowest BCUT2D eigenvalue weighted by Gasteiger charge is -1.93. The van der Waals surface area contributed by atoms with Crippen LogP contribution in [-0.4, -0.2) is 28.1 Å². The van der Waals surface area contributed by atoms with Gasteiger partial charge in [-0.25, -0.2) is 9.78 Å². The molecule has 5 nitrogen and oxygen atoms in total. The first-order chi connectivity index (χ1) is 9.12. The monoisotopic (exact) mass is 326 g/mol. The number of alkyl halides is 3. The van der Waals surface area contributed by atoms with E-state index in [0.717, 1.165) is 4.70 Å². The molecule has 0 aliphatic rings. The molecule has 0 unspecified atom stereocenters. The minimum absolute atomic E-state index is 0.295. The van der Waals surface area contributed by atoms with Crippen LogP contribution >= 0.6 is 22.9 Å². The largest absolute Gasteiger partial charge is 0.490 e. The third-order valence-corrected chi connectivity index (χ3v) is 3.16. The van der Waals surface area contributed by atoms with Gasteiger partial charge in [0.1, 0.15) is 5.52 Å². The van der Waals surface area contributed by atoms with Crippen LogP contribution in [0, 0.1) is 0 Å². The van der Waals surface area contributed by atoms with Crippen molar-refractivity contribution >= 4 is 45.0 Å². The van der Waals surface area contributed by atoms with E-state index in [2.05, 4.69) is 4.98 Å². The number of hydrogen-bond acceptors (Lipinski definition) is 4. The van der Waals surface area contributed by atoms with E-state index in [4.69, 9.17) is 27.2 Å². The molecule has 2 rings (SSSR count). The van der Waals surface area contributed by atoms with Crippen molar-refractivity contribution < 1.29 is 27.9 Å². The summed E-state index contributed by atoms with van der Waals surface area (Å²) >= 11 is 7.12. The number of carboxylic acids is 1. The van der Waals surface area contributed by atoms with Crippen LogP contribution in [0.5, 0.6) is 0 Å². The minimum Gasteiger partial charge on any atom is -0.475 e. The summed E-state index contributed by atoms with van der Waals surface area (Å²) in [6.07, 6.45) is -5.08. The van der Waals surface area contributed by atoms with E-state index in [1.165, 1.54) is 11.3 Å². The average Bonchev–Trinajstić information content (AvgIpc) is 2.74. The van der Waals surface area contributed by atoms with E-state index in [-0.39, 0.29) is 0 Å². The molecule has 1 aromatic heterocycles. The van der Waals surface area contributed by atoms with E-state index < -0.39 is 18.1 Å². The van der Waals surface area contributed by atoms with Crippen molar-refractivity contribution in [2.24, 2.45) is 5.73 Å². The summed E-state index contributed by atoms with van der Waals surface area (Å²) in [7, 11) is 0. The molecule has 0 atom stereocenters. The maximum atomic E-state index is 10.8. The second-order valence-corrected chi connectivity index (χ2v) is 4.71. The number of halogens is 4. The van der Waals surface area contributed by atoms with Crippen LogP contribution in [0.15, 0.2) is 18.2 Å². The van der Waals surface area contributed by atoms with Gasteiger partial charge in [0.15, 0.2) is 5.01 Å². The number of thiazole rings is 1. The Labute approximate surface area is 118 Å². The van der Waals surface area contributed by atoms with Gasteiger partial charge in [0.2, 0.25) is 0 Å². The number of aromatic nitrogens is 1. The SMILES string of the molecule is NC(=O)c1nc2c(Cl)cccc2s1.O=C(O)C(F)(F)F. The Kier molecular flexibility index (Phi) is 4.90. The van der Waals surface area contributed by atoms with E-state index in [1.54, 1.807) is 6.07 Å². The molecule has 3 N–H and O–H groups in total. The summed E-state index contributed by atoms with van der Waals surface area (Å²) in [6.45, 7) is 0. The molecule has 0 saturated carbocycles. The molecule has 1 heterocycles. The van der Waals surface area contributed by atoms with E-state index in [9.17, 15) is 18.0 Å². The maximum Gasteiger partial charge on any atom is 0.490 e. The molecule has 2 aromatic rings. The third kappa shape index (κ3) is 4.07. The van der Waals surface area contributed by atoms with Gasteiger partial charge in [-0.05, 0) is 12.1 Å². The Hall–Kier alpha value is -1.87. The number of nitrogens with two attached hydrogens (primary N) is 1. The van der Waals surface area contributed by atoms with Crippen LogP contribution in [0.25, 0.3) is 10.2 Å². The fourth-order valence-electron chi connectivity index (χ4n) is 1.02. The van der Waals surface area contributed by atoms with E-state index in [1.807, 2.05) is 12.1 Å². The Bertz CT molecular complexity index is 657. The number of carbonyl (C=O) groups is 2. The normalized spacial score (nSPS) is 10.8. The molecule has 0 aliphatic heterocycles. The smallest absolute Gasteiger partial charge is 0.475 e. The number of primary amides is 1. The van der Waals surface area contributed by atoms with Gasteiger partial charge in [0.05, 0.1) is 9.72 Å². The number of rotatable bonds is 1. The molecule has 0 saturated heterocycles. The van der Waals surface area contributed by atoms with Crippen molar-refractivity contribution in [2.75, 3.05) is 0 Å². The van der Waals surface area contributed by atoms with Crippen molar-refractivity contribution in [2.45, 2.75) is 6.18 Å². The molecule has 1 aromatic carbocycles. The van der Waals surface area contributed by atoms with Crippen LogP contribution in [0.4, 0.5) is 13.2 Å². The quantitative estimate of drug-likeness (QED) is 0.842. The molecule has 10 heteroatoms. The van der Waals surface area contributed by atoms with Crippen LogP contribution in [0.2, 0.25) is 5.02 Å². The molecule has 0 spiro atoms. The Morgan fingerprint density at radius 1 is 1.35 bits per heavy atom. The number of hydrogen-bond donors (Lipinski definition) is 2. The average molecular weight is 327 g/mol. The Balaban J connectivity index is 0.000000246. The minimum atomic E-state index is -5.08. The lowest BCUT2D eigenvalue weighted by molar-refractivity contribution is -0.192. The highest BCUT2D eigenvalue weighted by Gasteiger charge is 2.38. The molecule has 1 amide bonds. The second kappa shape index (κ2) is 6.06. The van der Waals surface area contributed by atoms with Gasteiger partial charge in [-0.3, -0.25) is 4.79 Å². The fraction of sp³-hybridized carbons (Fsp3) is 0.100. The fourth-order valence-corrected chi connectivity index (χ4v) is 2.14. The summed E-state index contributed by atoms with van der Waals surface area (Å²) in [6, 6.07) is 5.40. The molecule has 108 valence electrons. The molecule has 0 fully saturated rings. The van der Waals surface area contributed by atoms with Gasteiger partial charge < -0.3 is 10.8 Å². The first-order valence-corrected chi connectivity index (χ1v) is 5.97. The number of para-hydroxylation sites is 1. The molecular weight excluding hydrogens is 321 g/mol. The number of fused-ring (bicyclic) bond motifs is 1. The molecule has 20 heavy (non-hydrogen) atoms. The van der Waals surface area contributed by atoms with Gasteiger partial charge >= 0.3 is 12.1 Å². The summed E-state index contributed by atoms with van der Waals surface area (Å²) in [5, 5.41) is 7.96. The number of carbonyl (C=O) groups excluding carboxylic acids is 1. The Morgan fingerprint density at radius 2 is 1.90 bits per heavy atom. The first kappa shape index (κ1) is 16.2. The zero-order valence-corrected chi connectivity index (χ0v) is 11.0. The van der Waals surface area contributed by atoms with Crippen molar-refractivity contribution in [3.63, 3.8) is 0 Å². The van der Waals surface area contributed by atoms with Crippen LogP contribution in [-0.2, 0) is 4.79 Å². The molecule has 0 bridgehead atoms. The standard InChI is InChI=1S/C8H5ClN2OS.C2HF3O2/c9-4-2-1-3-5-6(4)11-8(13-5)7(10)12;3-2(4,5)1(6)7/h1-3H,(H2,10,12);(H,6,7). The summed E-state index contributed by atoms with van der Waals surface area (Å²) in [4.78, 5) is 23.7. The molecule has 0 aliphatic carbocycles. The number of nitrogens with zero attached hydrogens (tertiary/aromatic N) is 1. The number of amides is 1. The summed E-state index contributed by atoms with van der Waals surface area (Å²) in [5.41, 5.74) is 5.74. The number of benzene rings is 1. The van der Waals surface area contributed by atoms with Crippen LogP contribution < -0.4 is 5.73 Å². The molecular formula is C10H6ClF3N2O3S. The topological polar surface area (TPSA) is 93.3 Å². The Morgan fingerprint density at radius 3 is 2.30 bits per heavy atom. The summed E-state index contributed by atoms with van der Waals surface area (Å²) < 4.78 is 32.6. The van der Waals surface area contributed by atoms with E-state index in [0.29, 0.717) is 15.5 Å². The third-order valence-electron chi connectivity index (χ3n) is 1.82. The van der Waals surface area contributed by atoms with Crippen molar-refractivity contribution in [1.82, 2.24) is 4.98 Å². The number of aliphatic carboxylic acids is 1. The van der Waals surface area contributed by atoms with Gasteiger partial charge in [-0.15, -0.1) is 11.3 Å². The summed E-state index contributed by atoms with van der Waals surface area (Å²) in [5.74, 6) is -3.27. The van der Waals surface area contributed by atoms with Gasteiger partial charge in [-0.2, -0.15) is 13.2 Å².